The van der Waals surface area contributed by atoms with E-state index in [1.54, 1.807) is 38.5 Å². The number of rotatable bonds is 12. The molecule has 214 valence electrons. The number of hydrogen-bond donors (Lipinski definition) is 4. The van der Waals surface area contributed by atoms with E-state index in [4.69, 9.17) is 5.11 Å². The van der Waals surface area contributed by atoms with Crippen molar-refractivity contribution in [2.24, 2.45) is 5.92 Å². The van der Waals surface area contributed by atoms with Crippen molar-refractivity contribution in [3.63, 3.8) is 0 Å². The molecule has 0 saturated heterocycles. The van der Waals surface area contributed by atoms with Gasteiger partial charge >= 0.3 is 0 Å². The minimum absolute atomic E-state index is 0.0579. The molecule has 0 aliphatic rings. The number of halogens is 2. The summed E-state index contributed by atoms with van der Waals surface area (Å²) in [6, 6.07) is 4.41. The molecule has 0 radical (unpaired) electrons. The number of pyridine rings is 1. The molecular weight excluding hydrogens is 506 g/mol. The number of amides is 1. The van der Waals surface area contributed by atoms with Gasteiger partial charge in [0.25, 0.3) is 5.56 Å². The molecule has 2 heterocycles. The lowest BCUT2D eigenvalue weighted by molar-refractivity contribution is -0.123. The number of aromatic amines is 1. The van der Waals surface area contributed by atoms with Crippen molar-refractivity contribution in [3.8, 4) is 0 Å². The molecule has 9 nitrogen and oxygen atoms in total. The number of hydrogen-bond acceptors (Lipinski definition) is 6. The van der Waals surface area contributed by atoms with Gasteiger partial charge in [-0.15, -0.1) is 0 Å². The highest BCUT2D eigenvalue weighted by molar-refractivity contribution is 5.87. The van der Waals surface area contributed by atoms with Gasteiger partial charge in [0, 0.05) is 51.6 Å². The van der Waals surface area contributed by atoms with Crippen LogP contribution in [-0.4, -0.2) is 71.3 Å². The molecule has 4 N–H and O–H groups in total. The van der Waals surface area contributed by atoms with Gasteiger partial charge < -0.3 is 30.2 Å². The number of likely N-dealkylation sites (N-methyl/N-ethyl adjacent to an activating group) is 2. The van der Waals surface area contributed by atoms with E-state index in [0.29, 0.717) is 42.0 Å². The maximum absolute atomic E-state index is 14.5. The van der Waals surface area contributed by atoms with Gasteiger partial charge in [0.2, 0.25) is 5.91 Å². The molecule has 0 fully saturated rings. The molecule has 1 aromatic carbocycles. The average molecular weight is 547 g/mol. The highest BCUT2D eigenvalue weighted by Gasteiger charge is 2.18. The van der Waals surface area contributed by atoms with Gasteiger partial charge in [-0.2, -0.15) is 0 Å². The van der Waals surface area contributed by atoms with Crippen LogP contribution in [0.15, 0.2) is 41.3 Å². The predicted molar refractivity (Wildman–Crippen MR) is 151 cm³/mol. The standard InChI is InChI=1S/C27H36F2N6O2.CH4O/c1-17(2)13-19-20(28)14-21(29)26-25(19)32-23(33-26)16-35-12-8-10-22(27(35)37)31-15-18(30-3)9-6-7-11-24(36)34(4)5;1-2/h7-8,10-12,14,17-18,30-31H,6,9,13,15-16H2,1-5H3,(H,32,33);2H,1H3/b11-7+;. The fourth-order valence-electron chi connectivity index (χ4n) is 4.05. The molecule has 2 aromatic heterocycles. The number of nitrogens with one attached hydrogen (secondary N) is 3. The van der Waals surface area contributed by atoms with Crippen molar-refractivity contribution >= 4 is 22.6 Å². The van der Waals surface area contributed by atoms with E-state index < -0.39 is 11.6 Å². The van der Waals surface area contributed by atoms with Gasteiger partial charge in [-0.1, -0.05) is 19.9 Å². The minimum Gasteiger partial charge on any atom is -0.400 e. The zero-order valence-corrected chi connectivity index (χ0v) is 23.5. The molecule has 3 rings (SSSR count). The number of carbonyl (C=O) groups is 1. The first-order valence-corrected chi connectivity index (χ1v) is 12.9. The maximum Gasteiger partial charge on any atom is 0.274 e. The van der Waals surface area contributed by atoms with Crippen LogP contribution in [0.1, 0.15) is 38.1 Å². The second-order valence-corrected chi connectivity index (χ2v) is 9.76. The fraction of sp³-hybridized carbons (Fsp3) is 0.464. The molecule has 3 aromatic rings. The lowest BCUT2D eigenvalue weighted by atomic mass is 10.0. The lowest BCUT2D eigenvalue weighted by Crippen LogP contribution is -2.34. The third kappa shape index (κ3) is 8.72. The van der Waals surface area contributed by atoms with Crippen LogP contribution in [0.25, 0.3) is 11.0 Å². The Bertz CT molecular complexity index is 1320. The molecule has 0 spiro atoms. The van der Waals surface area contributed by atoms with Crippen molar-refractivity contribution < 1.29 is 18.7 Å². The molecule has 11 heteroatoms. The number of carbonyl (C=O) groups excluding carboxylic acids is 1. The van der Waals surface area contributed by atoms with E-state index in [1.807, 2.05) is 27.0 Å². The second kappa shape index (κ2) is 15.1. The number of nitrogens with zero attached hydrogens (tertiary/aromatic N) is 3. The summed E-state index contributed by atoms with van der Waals surface area (Å²) in [6.45, 7) is 4.53. The summed E-state index contributed by atoms with van der Waals surface area (Å²) in [7, 11) is 6.26. The number of fused-ring (bicyclic) bond motifs is 1. The predicted octanol–water partition coefficient (Wildman–Crippen LogP) is 3.28. The van der Waals surface area contributed by atoms with Crippen LogP contribution in [0.5, 0.6) is 0 Å². The summed E-state index contributed by atoms with van der Waals surface area (Å²) in [5.74, 6) is -0.841. The third-order valence-corrected chi connectivity index (χ3v) is 6.11. The lowest BCUT2D eigenvalue weighted by Gasteiger charge is -2.17. The summed E-state index contributed by atoms with van der Waals surface area (Å²) in [5.41, 5.74) is 0.986. The van der Waals surface area contributed by atoms with Crippen LogP contribution in [0.2, 0.25) is 0 Å². The molecule has 0 bridgehead atoms. The smallest absolute Gasteiger partial charge is 0.274 e. The third-order valence-electron chi connectivity index (χ3n) is 6.11. The Balaban J connectivity index is 0.00000260. The number of allylic oxidation sites excluding steroid dienone is 1. The van der Waals surface area contributed by atoms with Gasteiger partial charge in [0.05, 0.1) is 12.1 Å². The summed E-state index contributed by atoms with van der Waals surface area (Å²) in [4.78, 5) is 33.6. The van der Waals surface area contributed by atoms with Crippen molar-refractivity contribution in [1.29, 1.82) is 0 Å². The van der Waals surface area contributed by atoms with E-state index in [-0.39, 0.29) is 35.5 Å². The molecule has 1 amide bonds. The van der Waals surface area contributed by atoms with E-state index >= 15 is 0 Å². The molecule has 1 unspecified atom stereocenters. The SMILES string of the molecule is CNC(CC/C=C/C(=O)N(C)C)CNc1cccn(Cc2nc3c(F)cc(F)c(CC(C)C)c3[nH]2)c1=O.CO. The van der Waals surface area contributed by atoms with Crippen molar-refractivity contribution in [1.82, 2.24) is 24.8 Å². The van der Waals surface area contributed by atoms with E-state index in [9.17, 15) is 18.4 Å². The van der Waals surface area contributed by atoms with Crippen molar-refractivity contribution in [2.45, 2.75) is 45.7 Å². The fourth-order valence-corrected chi connectivity index (χ4v) is 4.05. The number of anilines is 1. The summed E-state index contributed by atoms with van der Waals surface area (Å²) in [6.07, 6.45) is 6.97. The van der Waals surface area contributed by atoms with Crippen molar-refractivity contribution in [2.75, 3.05) is 40.1 Å². The van der Waals surface area contributed by atoms with Crippen LogP contribution >= 0.6 is 0 Å². The van der Waals surface area contributed by atoms with E-state index in [2.05, 4.69) is 20.6 Å². The quantitative estimate of drug-likeness (QED) is 0.259. The van der Waals surface area contributed by atoms with E-state index in [1.165, 1.54) is 9.47 Å². The van der Waals surface area contributed by atoms with Gasteiger partial charge in [-0.05, 0) is 50.4 Å². The molecule has 1 atom stereocenters. The maximum atomic E-state index is 14.5. The highest BCUT2D eigenvalue weighted by atomic mass is 19.1. The molecule has 0 aliphatic carbocycles. The van der Waals surface area contributed by atoms with Crippen LogP contribution in [0.4, 0.5) is 14.5 Å². The largest absolute Gasteiger partial charge is 0.400 e. The van der Waals surface area contributed by atoms with Gasteiger partial charge in [-0.25, -0.2) is 13.8 Å². The summed E-state index contributed by atoms with van der Waals surface area (Å²) < 4.78 is 30.4. The van der Waals surface area contributed by atoms with E-state index in [0.717, 1.165) is 19.6 Å². The van der Waals surface area contributed by atoms with Crippen LogP contribution in [0, 0.1) is 17.6 Å². The first kappa shape index (κ1) is 31.6. The number of aliphatic hydroxyl groups is 1. The minimum atomic E-state index is -0.732. The molecular formula is C28H40F2N6O3. The number of aromatic nitrogens is 3. The summed E-state index contributed by atoms with van der Waals surface area (Å²) >= 11 is 0. The zero-order chi connectivity index (χ0) is 29.1. The van der Waals surface area contributed by atoms with Crippen LogP contribution < -0.4 is 16.2 Å². The van der Waals surface area contributed by atoms with Gasteiger partial charge in [0.1, 0.15) is 22.8 Å². The molecule has 39 heavy (non-hydrogen) atoms. The molecule has 0 saturated carbocycles. The zero-order valence-electron chi connectivity index (χ0n) is 23.5. The average Bonchev–Trinajstić information content (AvgIpc) is 3.33. The second-order valence-electron chi connectivity index (χ2n) is 9.76. The number of H-pyrrole nitrogens is 1. The first-order valence-electron chi connectivity index (χ1n) is 12.9. The highest BCUT2D eigenvalue weighted by Crippen LogP contribution is 2.25. The number of benzene rings is 1. The van der Waals surface area contributed by atoms with Crippen molar-refractivity contribution in [3.05, 3.63) is 69.9 Å². The van der Waals surface area contributed by atoms with Crippen LogP contribution in [0.3, 0.4) is 0 Å². The van der Waals surface area contributed by atoms with Gasteiger partial charge in [-0.3, -0.25) is 9.59 Å². The Kier molecular flexibility index (Phi) is 12.3. The Morgan fingerprint density at radius 2 is 1.97 bits per heavy atom. The van der Waals surface area contributed by atoms with Crippen LogP contribution in [-0.2, 0) is 17.8 Å². The monoisotopic (exact) mass is 546 g/mol. The number of aliphatic hydroxyl groups excluding tert-OH is 1. The summed E-state index contributed by atoms with van der Waals surface area (Å²) in [5, 5.41) is 13.4. The Morgan fingerprint density at radius 3 is 2.62 bits per heavy atom. The first-order chi connectivity index (χ1) is 18.6. The Labute approximate surface area is 227 Å². The Hall–Kier alpha value is -3.57. The topological polar surface area (TPSA) is 115 Å². The molecule has 0 aliphatic heterocycles. The number of imidazole rings is 1. The van der Waals surface area contributed by atoms with Gasteiger partial charge in [0.15, 0.2) is 5.82 Å². The normalized spacial score (nSPS) is 12.1. The Morgan fingerprint density at radius 1 is 1.26 bits per heavy atom.